The molecule has 0 radical (unpaired) electrons. The van der Waals surface area contributed by atoms with Gasteiger partial charge in [-0.15, -0.1) is 0 Å². The number of halogens is 6. The van der Waals surface area contributed by atoms with E-state index < -0.39 is 62.2 Å². The van der Waals surface area contributed by atoms with Gasteiger partial charge in [0.2, 0.25) is 5.91 Å². The Morgan fingerprint density at radius 3 is 2.15 bits per heavy atom. The van der Waals surface area contributed by atoms with Gasteiger partial charge in [0.15, 0.2) is 0 Å². The van der Waals surface area contributed by atoms with E-state index in [1.807, 2.05) is 5.32 Å². The molecule has 0 unspecified atom stereocenters. The molecule has 1 N–H and O–H groups in total. The summed E-state index contributed by atoms with van der Waals surface area (Å²) < 4.78 is 95.0. The van der Waals surface area contributed by atoms with Crippen molar-refractivity contribution in [2.45, 2.75) is 18.0 Å². The Hall–Kier alpha value is -3.18. The molecule has 0 spiro atoms. The Balaban J connectivity index is 2.07. The molecule has 0 aliphatic heterocycles. The molecule has 34 heavy (non-hydrogen) atoms. The molecule has 0 saturated carbocycles. The predicted octanol–water partition coefficient (Wildman–Crippen LogP) is 5.78. The first-order valence-corrected chi connectivity index (χ1v) is 11.3. The van der Waals surface area contributed by atoms with Crippen molar-refractivity contribution in [1.82, 2.24) is 0 Å². The molecule has 180 valence electrons. The van der Waals surface area contributed by atoms with Crippen LogP contribution in [-0.2, 0) is 21.0 Å². The highest BCUT2D eigenvalue weighted by molar-refractivity contribution is 7.92. The van der Waals surface area contributed by atoms with Crippen LogP contribution in [-0.4, -0.2) is 20.9 Å². The van der Waals surface area contributed by atoms with Crippen molar-refractivity contribution in [1.29, 1.82) is 0 Å². The molecule has 3 aromatic rings. The molecule has 0 atom stereocenters. The second kappa shape index (κ2) is 9.59. The number of anilines is 2. The maximum absolute atomic E-state index is 13.9. The number of hydrogen-bond donors (Lipinski definition) is 1. The van der Waals surface area contributed by atoms with Crippen LogP contribution in [0.5, 0.6) is 0 Å². The highest BCUT2D eigenvalue weighted by atomic mass is 35.5. The molecule has 0 heterocycles. The summed E-state index contributed by atoms with van der Waals surface area (Å²) in [5.41, 5.74) is -1.96. The molecule has 3 aromatic carbocycles. The molecule has 5 nitrogen and oxygen atoms in total. The number of nitrogens with zero attached hydrogens (tertiary/aromatic N) is 1. The van der Waals surface area contributed by atoms with Crippen LogP contribution in [0.2, 0.25) is 5.02 Å². The SMILES string of the molecule is Cc1ccc(S(=O)(=O)N(CC(=O)Nc2c(F)cccc2F)c2ccc(Cl)c(C(F)(F)F)c2)cc1. The standard InChI is InChI=1S/C22H16ClF5N2O3S/c1-13-5-8-15(9-6-13)34(32,33)30(14-7-10-17(23)16(11-14)22(26,27)28)12-20(31)29-21-18(24)3-2-4-19(21)25/h2-11H,12H2,1H3,(H,29,31). The second-order valence-corrected chi connectivity index (χ2v) is 9.40. The monoisotopic (exact) mass is 518 g/mol. The smallest absolute Gasteiger partial charge is 0.320 e. The normalized spacial score (nSPS) is 11.9. The van der Waals surface area contributed by atoms with Gasteiger partial charge in [0.05, 0.1) is 21.2 Å². The first-order valence-electron chi connectivity index (χ1n) is 9.50. The Morgan fingerprint density at radius 2 is 1.59 bits per heavy atom. The lowest BCUT2D eigenvalue weighted by molar-refractivity contribution is -0.137. The molecule has 0 aromatic heterocycles. The summed E-state index contributed by atoms with van der Waals surface area (Å²) in [5.74, 6) is -3.43. The minimum absolute atomic E-state index is 0.313. The van der Waals surface area contributed by atoms with Crippen LogP contribution in [0.3, 0.4) is 0 Å². The van der Waals surface area contributed by atoms with Crippen molar-refractivity contribution in [3.05, 3.63) is 88.4 Å². The van der Waals surface area contributed by atoms with Crippen LogP contribution in [0.1, 0.15) is 11.1 Å². The van der Waals surface area contributed by atoms with Gasteiger partial charge in [-0.05, 0) is 49.4 Å². The summed E-state index contributed by atoms with van der Waals surface area (Å²) in [4.78, 5) is 12.3. The number of alkyl halides is 3. The molecule has 0 fully saturated rings. The Labute approximate surface area is 196 Å². The van der Waals surface area contributed by atoms with Gasteiger partial charge >= 0.3 is 6.18 Å². The van der Waals surface area contributed by atoms with Gasteiger partial charge in [-0.25, -0.2) is 17.2 Å². The fourth-order valence-electron chi connectivity index (χ4n) is 2.96. The van der Waals surface area contributed by atoms with Crippen molar-refractivity contribution in [2.24, 2.45) is 0 Å². The maximum atomic E-state index is 13.9. The van der Waals surface area contributed by atoms with Gasteiger partial charge in [0, 0.05) is 0 Å². The number of sulfonamides is 1. The van der Waals surface area contributed by atoms with E-state index in [1.54, 1.807) is 6.92 Å². The molecule has 0 aliphatic carbocycles. The summed E-state index contributed by atoms with van der Waals surface area (Å²) in [7, 11) is -4.58. The van der Waals surface area contributed by atoms with Crippen molar-refractivity contribution in [3.8, 4) is 0 Å². The number of carbonyl (C=O) groups excluding carboxylic acids is 1. The van der Waals surface area contributed by atoms with Crippen LogP contribution in [0.4, 0.5) is 33.3 Å². The second-order valence-electron chi connectivity index (χ2n) is 7.13. The van der Waals surface area contributed by atoms with E-state index in [1.165, 1.54) is 24.3 Å². The fourth-order valence-corrected chi connectivity index (χ4v) is 4.60. The number of rotatable bonds is 6. The number of hydrogen-bond acceptors (Lipinski definition) is 3. The zero-order valence-corrected chi connectivity index (χ0v) is 18.9. The molecule has 12 heteroatoms. The lowest BCUT2D eigenvalue weighted by atomic mass is 10.2. The molecular weight excluding hydrogens is 503 g/mol. The number of para-hydroxylation sites is 1. The van der Waals surface area contributed by atoms with Crippen LogP contribution in [0, 0.1) is 18.6 Å². The Kier molecular flexibility index (Phi) is 7.18. The molecule has 0 saturated heterocycles. The summed E-state index contributed by atoms with van der Waals surface area (Å²) >= 11 is 5.63. The van der Waals surface area contributed by atoms with Crippen molar-refractivity contribution < 1.29 is 35.2 Å². The van der Waals surface area contributed by atoms with Crippen molar-refractivity contribution >= 4 is 38.9 Å². The van der Waals surface area contributed by atoms with E-state index in [9.17, 15) is 35.2 Å². The van der Waals surface area contributed by atoms with E-state index in [0.717, 1.165) is 30.3 Å². The van der Waals surface area contributed by atoms with E-state index >= 15 is 0 Å². The summed E-state index contributed by atoms with van der Waals surface area (Å²) in [6, 6.07) is 10.5. The number of amides is 1. The van der Waals surface area contributed by atoms with E-state index in [0.29, 0.717) is 15.9 Å². The Morgan fingerprint density at radius 1 is 1.00 bits per heavy atom. The highest BCUT2D eigenvalue weighted by Crippen LogP contribution is 2.38. The number of benzene rings is 3. The van der Waals surface area contributed by atoms with Gasteiger partial charge < -0.3 is 5.32 Å². The lowest BCUT2D eigenvalue weighted by Crippen LogP contribution is -2.38. The topological polar surface area (TPSA) is 66.5 Å². The van der Waals surface area contributed by atoms with Gasteiger partial charge in [0.1, 0.15) is 23.9 Å². The third-order valence-electron chi connectivity index (χ3n) is 4.67. The first-order chi connectivity index (χ1) is 15.8. The van der Waals surface area contributed by atoms with Crippen LogP contribution in [0.25, 0.3) is 0 Å². The van der Waals surface area contributed by atoms with Crippen LogP contribution in [0.15, 0.2) is 65.6 Å². The van der Waals surface area contributed by atoms with Gasteiger partial charge in [-0.1, -0.05) is 35.4 Å². The molecule has 1 amide bonds. The van der Waals surface area contributed by atoms with Gasteiger partial charge in [0.25, 0.3) is 10.0 Å². The zero-order valence-electron chi connectivity index (χ0n) is 17.3. The van der Waals surface area contributed by atoms with E-state index in [-0.39, 0.29) is 4.90 Å². The highest BCUT2D eigenvalue weighted by Gasteiger charge is 2.35. The minimum atomic E-state index is -4.91. The molecule has 3 rings (SSSR count). The summed E-state index contributed by atoms with van der Waals surface area (Å²) in [6.45, 7) is 0.613. The van der Waals surface area contributed by atoms with E-state index in [2.05, 4.69) is 0 Å². The third kappa shape index (κ3) is 5.48. The molecule has 0 bridgehead atoms. The van der Waals surface area contributed by atoms with E-state index in [4.69, 9.17) is 11.6 Å². The third-order valence-corrected chi connectivity index (χ3v) is 6.78. The first kappa shape index (κ1) is 25.4. The summed E-state index contributed by atoms with van der Waals surface area (Å²) in [5, 5.41) is 1.25. The number of aryl methyl sites for hydroxylation is 1. The molecule has 0 aliphatic rings. The quantitative estimate of drug-likeness (QED) is 0.421. The Bertz CT molecular complexity index is 1310. The van der Waals surface area contributed by atoms with Gasteiger partial charge in [-0.2, -0.15) is 13.2 Å². The minimum Gasteiger partial charge on any atom is -0.320 e. The lowest BCUT2D eigenvalue weighted by Gasteiger charge is -2.25. The predicted molar refractivity (Wildman–Crippen MR) is 117 cm³/mol. The largest absolute Gasteiger partial charge is 0.417 e. The maximum Gasteiger partial charge on any atom is 0.417 e. The number of carbonyl (C=O) groups is 1. The summed E-state index contributed by atoms with van der Waals surface area (Å²) in [6.07, 6.45) is -4.91. The van der Waals surface area contributed by atoms with Gasteiger partial charge in [-0.3, -0.25) is 9.10 Å². The molecular formula is C22H16ClF5N2O3S. The average molecular weight is 519 g/mol. The van der Waals surface area contributed by atoms with Crippen molar-refractivity contribution in [3.63, 3.8) is 0 Å². The van der Waals surface area contributed by atoms with Crippen molar-refractivity contribution in [2.75, 3.05) is 16.2 Å². The van der Waals surface area contributed by atoms with Crippen LogP contribution >= 0.6 is 11.6 Å². The van der Waals surface area contributed by atoms with Crippen LogP contribution < -0.4 is 9.62 Å². The zero-order chi connectivity index (χ0) is 25.3. The number of nitrogens with one attached hydrogen (secondary N) is 1. The fraction of sp³-hybridized carbons (Fsp3) is 0.136. The average Bonchev–Trinajstić information content (AvgIpc) is 2.75.